The molecule has 1 fully saturated rings. The van der Waals surface area contributed by atoms with Gasteiger partial charge in [0.25, 0.3) is 0 Å². The van der Waals surface area contributed by atoms with Gasteiger partial charge in [-0.1, -0.05) is 12.6 Å². The zero-order valence-electron chi connectivity index (χ0n) is 16.5. The highest BCUT2D eigenvalue weighted by Gasteiger charge is 2.28. The van der Waals surface area contributed by atoms with Crippen LogP contribution in [-0.2, 0) is 35.7 Å². The standard InChI is InChI=1S/C21H29N3O3S/c1-14(12-24(2)17-9-10-17)13-28(26,27)23-21(25)22-20-18-7-3-5-15(18)11-16-6-4-8-19(16)20/h11,17H,1,3-10,12-13H2,2H3,(H2,22,23,25). The molecule has 6 nitrogen and oxygen atoms in total. The number of fused-ring (bicyclic) bond motifs is 2. The van der Waals surface area contributed by atoms with E-state index >= 15 is 0 Å². The second kappa shape index (κ2) is 7.52. The fraction of sp³-hybridized carbons (Fsp3) is 0.571. The fourth-order valence-electron chi connectivity index (χ4n) is 4.59. The summed E-state index contributed by atoms with van der Waals surface area (Å²) in [6.07, 6.45) is 8.43. The van der Waals surface area contributed by atoms with Gasteiger partial charge in [-0.25, -0.2) is 17.9 Å². The lowest BCUT2D eigenvalue weighted by Crippen LogP contribution is -2.37. The van der Waals surface area contributed by atoms with E-state index in [2.05, 4.69) is 27.6 Å². The summed E-state index contributed by atoms with van der Waals surface area (Å²) >= 11 is 0. The number of carbonyl (C=O) groups excluding carboxylic acids is 1. The molecule has 3 aliphatic rings. The maximum Gasteiger partial charge on any atom is 0.332 e. The number of benzene rings is 1. The topological polar surface area (TPSA) is 78.5 Å². The molecule has 0 atom stereocenters. The van der Waals surface area contributed by atoms with E-state index < -0.39 is 16.1 Å². The van der Waals surface area contributed by atoms with Gasteiger partial charge in [0.05, 0.1) is 5.75 Å². The van der Waals surface area contributed by atoms with Crippen LogP contribution in [0.4, 0.5) is 10.5 Å². The molecule has 1 aromatic carbocycles. The van der Waals surface area contributed by atoms with Crippen LogP contribution >= 0.6 is 0 Å². The number of nitrogens with one attached hydrogen (secondary N) is 2. The lowest BCUT2D eigenvalue weighted by Gasteiger charge is -2.18. The van der Waals surface area contributed by atoms with Crippen LogP contribution in [0.2, 0.25) is 0 Å². The second-order valence-corrected chi connectivity index (χ2v) is 10.2. The first-order chi connectivity index (χ1) is 13.3. The first-order valence-corrected chi connectivity index (χ1v) is 11.8. The number of rotatable bonds is 7. The number of sulfonamides is 1. The number of carbonyl (C=O) groups is 1. The number of amides is 2. The van der Waals surface area contributed by atoms with E-state index in [1.165, 1.54) is 22.3 Å². The predicted octanol–water partition coefficient (Wildman–Crippen LogP) is 2.77. The van der Waals surface area contributed by atoms with Gasteiger partial charge >= 0.3 is 6.03 Å². The molecule has 3 aliphatic carbocycles. The van der Waals surface area contributed by atoms with Crippen molar-refractivity contribution in [2.75, 3.05) is 24.7 Å². The number of aryl methyl sites for hydroxylation is 2. The summed E-state index contributed by atoms with van der Waals surface area (Å²) in [6.45, 7) is 4.42. The van der Waals surface area contributed by atoms with Gasteiger partial charge < -0.3 is 5.32 Å². The Morgan fingerprint density at radius 1 is 1.14 bits per heavy atom. The first kappa shape index (κ1) is 19.5. The van der Waals surface area contributed by atoms with Crippen molar-refractivity contribution in [2.24, 2.45) is 0 Å². The van der Waals surface area contributed by atoms with Crippen LogP contribution in [0.25, 0.3) is 0 Å². The zero-order valence-corrected chi connectivity index (χ0v) is 17.3. The molecule has 152 valence electrons. The Morgan fingerprint density at radius 2 is 1.75 bits per heavy atom. The average molecular weight is 404 g/mol. The van der Waals surface area contributed by atoms with Crippen LogP contribution in [0.15, 0.2) is 18.2 Å². The Morgan fingerprint density at radius 3 is 2.32 bits per heavy atom. The van der Waals surface area contributed by atoms with Gasteiger partial charge in [-0.2, -0.15) is 0 Å². The van der Waals surface area contributed by atoms with Crippen molar-refractivity contribution in [1.82, 2.24) is 9.62 Å². The number of nitrogens with zero attached hydrogens (tertiary/aromatic N) is 1. The molecule has 0 heterocycles. The van der Waals surface area contributed by atoms with Gasteiger partial charge in [-0.15, -0.1) is 0 Å². The SMILES string of the molecule is C=C(CN(C)C1CC1)CS(=O)(=O)NC(=O)Nc1c2c(cc3c1CCC3)CCC2. The van der Waals surface area contributed by atoms with Crippen LogP contribution in [0.1, 0.15) is 47.9 Å². The molecule has 0 spiro atoms. The van der Waals surface area contributed by atoms with Crippen molar-refractivity contribution in [2.45, 2.75) is 57.4 Å². The van der Waals surface area contributed by atoms with E-state index in [0.29, 0.717) is 18.2 Å². The molecule has 0 aromatic heterocycles. The van der Waals surface area contributed by atoms with Crippen LogP contribution in [0.3, 0.4) is 0 Å². The average Bonchev–Trinajstić information content (AvgIpc) is 3.16. The minimum absolute atomic E-state index is 0.234. The van der Waals surface area contributed by atoms with Crippen LogP contribution in [-0.4, -0.2) is 44.7 Å². The minimum Gasteiger partial charge on any atom is -0.307 e. The number of anilines is 1. The van der Waals surface area contributed by atoms with Crippen molar-refractivity contribution in [3.63, 3.8) is 0 Å². The highest BCUT2D eigenvalue weighted by molar-refractivity contribution is 7.90. The molecule has 0 radical (unpaired) electrons. The molecule has 28 heavy (non-hydrogen) atoms. The lowest BCUT2D eigenvalue weighted by molar-refractivity contribution is 0.256. The summed E-state index contributed by atoms with van der Waals surface area (Å²) in [7, 11) is -1.79. The van der Waals surface area contributed by atoms with Crippen molar-refractivity contribution < 1.29 is 13.2 Å². The van der Waals surface area contributed by atoms with Gasteiger partial charge in [-0.3, -0.25) is 4.90 Å². The van der Waals surface area contributed by atoms with E-state index in [4.69, 9.17) is 0 Å². The molecule has 2 N–H and O–H groups in total. The summed E-state index contributed by atoms with van der Waals surface area (Å²) < 4.78 is 27.0. The smallest absolute Gasteiger partial charge is 0.307 e. The molecule has 4 rings (SSSR count). The van der Waals surface area contributed by atoms with Gasteiger partial charge in [0, 0.05) is 18.3 Å². The fourth-order valence-corrected chi connectivity index (χ4v) is 5.63. The van der Waals surface area contributed by atoms with Gasteiger partial charge in [0.15, 0.2) is 0 Å². The largest absolute Gasteiger partial charge is 0.332 e. The normalized spacial score (nSPS) is 18.1. The molecule has 0 unspecified atom stereocenters. The van der Waals surface area contributed by atoms with E-state index in [0.717, 1.165) is 57.1 Å². The summed E-state index contributed by atoms with van der Waals surface area (Å²) in [4.78, 5) is 14.6. The number of hydrogen-bond acceptors (Lipinski definition) is 4. The molecule has 2 amide bonds. The third kappa shape index (κ3) is 4.25. The van der Waals surface area contributed by atoms with E-state index in [1.807, 2.05) is 7.05 Å². The monoisotopic (exact) mass is 403 g/mol. The van der Waals surface area contributed by atoms with E-state index in [9.17, 15) is 13.2 Å². The Bertz CT molecular complexity index is 887. The molecule has 0 bridgehead atoms. The molecule has 7 heteroatoms. The maximum atomic E-state index is 12.5. The Kier molecular flexibility index (Phi) is 5.22. The summed E-state index contributed by atoms with van der Waals surface area (Å²) in [5.41, 5.74) is 6.41. The number of hydrogen-bond donors (Lipinski definition) is 2. The van der Waals surface area contributed by atoms with Gasteiger partial charge in [0.2, 0.25) is 10.0 Å². The van der Waals surface area contributed by atoms with Gasteiger partial charge in [-0.05, 0) is 86.2 Å². The summed E-state index contributed by atoms with van der Waals surface area (Å²) in [5, 5.41) is 2.87. The highest BCUT2D eigenvalue weighted by atomic mass is 32.2. The van der Waals surface area contributed by atoms with E-state index in [1.54, 1.807) is 0 Å². The molecule has 0 saturated heterocycles. The molecule has 0 aliphatic heterocycles. The summed E-state index contributed by atoms with van der Waals surface area (Å²) in [5.74, 6) is -0.234. The van der Waals surface area contributed by atoms with Crippen LogP contribution in [0.5, 0.6) is 0 Å². The number of likely N-dealkylation sites (N-methyl/N-ethyl adjacent to an activating group) is 1. The van der Waals surface area contributed by atoms with Crippen LogP contribution < -0.4 is 10.0 Å². The molecule has 1 saturated carbocycles. The highest BCUT2D eigenvalue weighted by Crippen LogP contribution is 2.38. The second-order valence-electron chi connectivity index (χ2n) is 8.45. The maximum absolute atomic E-state index is 12.5. The third-order valence-corrected chi connectivity index (χ3v) is 7.28. The van der Waals surface area contributed by atoms with Crippen molar-refractivity contribution >= 4 is 21.7 Å². The molecule has 1 aromatic rings. The molecular formula is C21H29N3O3S. The van der Waals surface area contributed by atoms with Crippen LogP contribution in [0, 0.1) is 0 Å². The number of urea groups is 1. The third-order valence-electron chi connectivity index (χ3n) is 6.00. The Balaban J connectivity index is 1.41. The van der Waals surface area contributed by atoms with Crippen molar-refractivity contribution in [3.05, 3.63) is 40.5 Å². The van der Waals surface area contributed by atoms with Crippen molar-refractivity contribution in [1.29, 1.82) is 0 Å². The first-order valence-electron chi connectivity index (χ1n) is 10.2. The van der Waals surface area contributed by atoms with E-state index in [-0.39, 0.29) is 5.75 Å². The Hall–Kier alpha value is -1.86. The summed E-state index contributed by atoms with van der Waals surface area (Å²) in [6, 6.07) is 2.15. The lowest BCUT2D eigenvalue weighted by atomic mass is 9.99. The zero-order chi connectivity index (χ0) is 19.9. The Labute approximate surface area is 167 Å². The van der Waals surface area contributed by atoms with Gasteiger partial charge in [0.1, 0.15) is 0 Å². The van der Waals surface area contributed by atoms with Crippen molar-refractivity contribution in [3.8, 4) is 0 Å². The predicted molar refractivity (Wildman–Crippen MR) is 111 cm³/mol. The minimum atomic E-state index is -3.77. The molecular weight excluding hydrogens is 374 g/mol. The quantitative estimate of drug-likeness (QED) is 0.686.